The third kappa shape index (κ3) is 5.06. The topological polar surface area (TPSA) is 41.6 Å². The Bertz CT molecular complexity index is 457. The molecule has 4 nitrogen and oxygen atoms in total. The van der Waals surface area contributed by atoms with Crippen LogP contribution in [0, 0.1) is 0 Å². The zero-order chi connectivity index (χ0) is 14.4. The molecule has 1 N–H and O–H groups in total. The van der Waals surface area contributed by atoms with Crippen molar-refractivity contribution < 1.29 is 9.53 Å². The molecule has 0 radical (unpaired) electrons. The van der Waals surface area contributed by atoms with Gasteiger partial charge in [-0.25, -0.2) is 0 Å². The molecule has 2 rings (SSSR count). The van der Waals surface area contributed by atoms with E-state index in [0.717, 1.165) is 25.9 Å². The predicted molar refractivity (Wildman–Crippen MR) is 87.5 cm³/mol. The maximum absolute atomic E-state index is 12.2. The Morgan fingerprint density at radius 2 is 2.24 bits per heavy atom. The smallest absolute Gasteiger partial charge is 0.226 e. The van der Waals surface area contributed by atoms with Gasteiger partial charge in [-0.05, 0) is 32.0 Å². The van der Waals surface area contributed by atoms with Gasteiger partial charge in [0.15, 0.2) is 0 Å². The van der Waals surface area contributed by atoms with Crippen molar-refractivity contribution in [2.45, 2.75) is 25.3 Å². The molecule has 118 valence electrons. The van der Waals surface area contributed by atoms with E-state index in [1.165, 1.54) is 0 Å². The van der Waals surface area contributed by atoms with Crippen molar-refractivity contribution in [2.24, 2.45) is 0 Å². The largest absolute Gasteiger partial charge is 0.491 e. The van der Waals surface area contributed by atoms with Gasteiger partial charge in [-0.15, -0.1) is 12.4 Å². The number of nitrogens with zero attached hydrogens (tertiary/aromatic N) is 1. The molecule has 1 atom stereocenters. The molecule has 0 spiro atoms. The lowest BCUT2D eigenvalue weighted by Crippen LogP contribution is -2.41. The molecule has 1 saturated heterocycles. The summed E-state index contributed by atoms with van der Waals surface area (Å²) in [6.07, 6.45) is 2.56. The molecule has 1 aliphatic heterocycles. The Balaban J connectivity index is 0.00000220. The number of hydrogen-bond donors (Lipinski definition) is 1. The average molecular weight is 333 g/mol. The Morgan fingerprint density at radius 3 is 2.95 bits per heavy atom. The minimum absolute atomic E-state index is 0. The van der Waals surface area contributed by atoms with Gasteiger partial charge in [-0.2, -0.15) is 0 Å². The molecular formula is C15H22Cl2N2O2. The number of likely N-dealkylation sites (tertiary alicyclic amines) is 1. The lowest BCUT2D eigenvalue weighted by molar-refractivity contribution is -0.132. The van der Waals surface area contributed by atoms with Gasteiger partial charge in [0, 0.05) is 19.1 Å². The minimum atomic E-state index is 0. The molecular weight excluding hydrogens is 311 g/mol. The molecule has 1 aromatic rings. The van der Waals surface area contributed by atoms with Gasteiger partial charge in [-0.3, -0.25) is 4.79 Å². The summed E-state index contributed by atoms with van der Waals surface area (Å²) in [5, 5.41) is 3.72. The Hall–Kier alpha value is -0.970. The van der Waals surface area contributed by atoms with Gasteiger partial charge in [0.05, 0.1) is 18.1 Å². The maximum atomic E-state index is 12.2. The Kier molecular flexibility index (Phi) is 7.86. The standard InChI is InChI=1S/C15H21ClN2O2.ClH/c1-17-11-12-5-4-9-18(12)15(19)8-10-20-14-7-3-2-6-13(14)16;/h2-3,6-7,12,17H,4-5,8-11H2,1H3;1H. The fraction of sp³-hybridized carbons (Fsp3) is 0.533. The highest BCUT2D eigenvalue weighted by Crippen LogP contribution is 2.23. The number of ether oxygens (including phenoxy) is 1. The molecule has 0 bridgehead atoms. The highest BCUT2D eigenvalue weighted by Gasteiger charge is 2.27. The first kappa shape index (κ1) is 18.1. The van der Waals surface area contributed by atoms with Gasteiger partial charge in [-0.1, -0.05) is 23.7 Å². The molecule has 1 unspecified atom stereocenters. The molecule has 1 amide bonds. The third-order valence-corrected chi connectivity index (χ3v) is 3.86. The summed E-state index contributed by atoms with van der Waals surface area (Å²) in [6, 6.07) is 7.64. The van der Waals surface area contributed by atoms with Crippen LogP contribution in [-0.2, 0) is 4.79 Å². The van der Waals surface area contributed by atoms with Crippen LogP contribution in [0.4, 0.5) is 0 Å². The van der Waals surface area contributed by atoms with E-state index < -0.39 is 0 Å². The molecule has 1 aromatic carbocycles. The van der Waals surface area contributed by atoms with E-state index in [4.69, 9.17) is 16.3 Å². The first-order chi connectivity index (χ1) is 9.72. The van der Waals surface area contributed by atoms with E-state index in [9.17, 15) is 4.79 Å². The number of rotatable bonds is 6. The summed E-state index contributed by atoms with van der Waals surface area (Å²) in [4.78, 5) is 14.2. The highest BCUT2D eigenvalue weighted by atomic mass is 35.5. The van der Waals surface area contributed by atoms with Crippen molar-refractivity contribution >= 4 is 29.9 Å². The molecule has 21 heavy (non-hydrogen) atoms. The number of carbonyl (C=O) groups is 1. The summed E-state index contributed by atoms with van der Waals surface area (Å²) in [5.41, 5.74) is 0. The van der Waals surface area contributed by atoms with Crippen LogP contribution in [-0.4, -0.2) is 43.6 Å². The van der Waals surface area contributed by atoms with Crippen LogP contribution < -0.4 is 10.1 Å². The van der Waals surface area contributed by atoms with E-state index in [1.807, 2.05) is 30.1 Å². The minimum Gasteiger partial charge on any atom is -0.491 e. The van der Waals surface area contributed by atoms with Crippen molar-refractivity contribution in [3.05, 3.63) is 29.3 Å². The molecule has 1 aliphatic rings. The lowest BCUT2D eigenvalue weighted by Gasteiger charge is -2.24. The quantitative estimate of drug-likeness (QED) is 0.870. The zero-order valence-corrected chi connectivity index (χ0v) is 13.8. The molecule has 0 saturated carbocycles. The summed E-state index contributed by atoms with van der Waals surface area (Å²) in [7, 11) is 1.92. The van der Waals surface area contributed by atoms with Gasteiger partial charge in [0.1, 0.15) is 5.75 Å². The van der Waals surface area contributed by atoms with E-state index >= 15 is 0 Å². The second kappa shape index (κ2) is 9.13. The number of carbonyl (C=O) groups excluding carboxylic acids is 1. The van der Waals surface area contributed by atoms with E-state index in [0.29, 0.717) is 29.8 Å². The second-order valence-electron chi connectivity index (χ2n) is 4.97. The number of halogens is 2. The fourth-order valence-corrected chi connectivity index (χ4v) is 2.76. The SMILES string of the molecule is CNCC1CCCN1C(=O)CCOc1ccccc1Cl.Cl. The van der Waals surface area contributed by atoms with Crippen molar-refractivity contribution in [1.82, 2.24) is 10.2 Å². The fourth-order valence-electron chi connectivity index (χ4n) is 2.57. The van der Waals surface area contributed by atoms with Crippen LogP contribution in [0.15, 0.2) is 24.3 Å². The maximum Gasteiger partial charge on any atom is 0.226 e. The normalized spacial score (nSPS) is 17.4. The number of hydrogen-bond acceptors (Lipinski definition) is 3. The van der Waals surface area contributed by atoms with Crippen molar-refractivity contribution in [1.29, 1.82) is 0 Å². The Labute approximate surface area is 137 Å². The molecule has 1 heterocycles. The van der Waals surface area contributed by atoms with Crippen LogP contribution in [0.25, 0.3) is 0 Å². The molecule has 1 fully saturated rings. The van der Waals surface area contributed by atoms with Gasteiger partial charge in [0.2, 0.25) is 5.91 Å². The number of amides is 1. The van der Waals surface area contributed by atoms with Crippen LogP contribution in [0.1, 0.15) is 19.3 Å². The van der Waals surface area contributed by atoms with Crippen molar-refractivity contribution in [2.75, 3.05) is 26.7 Å². The van der Waals surface area contributed by atoms with E-state index in [2.05, 4.69) is 5.32 Å². The third-order valence-electron chi connectivity index (χ3n) is 3.55. The molecule has 0 aliphatic carbocycles. The van der Waals surface area contributed by atoms with Crippen LogP contribution in [0.5, 0.6) is 5.75 Å². The van der Waals surface area contributed by atoms with Crippen molar-refractivity contribution in [3.63, 3.8) is 0 Å². The lowest BCUT2D eigenvalue weighted by atomic mass is 10.2. The van der Waals surface area contributed by atoms with E-state index in [-0.39, 0.29) is 18.3 Å². The number of likely N-dealkylation sites (N-methyl/N-ethyl adjacent to an activating group) is 1. The summed E-state index contributed by atoms with van der Waals surface area (Å²) < 4.78 is 5.57. The first-order valence-electron chi connectivity index (χ1n) is 7.03. The molecule has 6 heteroatoms. The van der Waals surface area contributed by atoms with Crippen LogP contribution in [0.3, 0.4) is 0 Å². The van der Waals surface area contributed by atoms with Gasteiger partial charge in [0.25, 0.3) is 0 Å². The second-order valence-corrected chi connectivity index (χ2v) is 5.38. The zero-order valence-electron chi connectivity index (χ0n) is 12.2. The first-order valence-corrected chi connectivity index (χ1v) is 7.41. The number of benzene rings is 1. The summed E-state index contributed by atoms with van der Waals surface area (Å²) >= 11 is 6.00. The van der Waals surface area contributed by atoms with Crippen LogP contribution >= 0.6 is 24.0 Å². The average Bonchev–Trinajstić information content (AvgIpc) is 2.89. The summed E-state index contributed by atoms with van der Waals surface area (Å²) in [6.45, 7) is 2.08. The van der Waals surface area contributed by atoms with E-state index in [1.54, 1.807) is 6.07 Å². The van der Waals surface area contributed by atoms with Crippen LogP contribution in [0.2, 0.25) is 5.02 Å². The molecule has 0 aromatic heterocycles. The van der Waals surface area contributed by atoms with Gasteiger partial charge >= 0.3 is 0 Å². The summed E-state index contributed by atoms with van der Waals surface area (Å²) in [5.74, 6) is 0.796. The number of nitrogens with one attached hydrogen (secondary N) is 1. The Morgan fingerprint density at radius 1 is 1.48 bits per heavy atom. The van der Waals surface area contributed by atoms with Crippen molar-refractivity contribution in [3.8, 4) is 5.75 Å². The highest BCUT2D eigenvalue weighted by molar-refractivity contribution is 6.32. The predicted octanol–water partition coefficient (Wildman–Crippen LogP) is 2.74. The monoisotopic (exact) mass is 332 g/mol. The number of para-hydroxylation sites is 1. The van der Waals surface area contributed by atoms with Gasteiger partial charge < -0.3 is 15.0 Å².